The molecule has 0 fully saturated rings. The van der Waals surface area contributed by atoms with Gasteiger partial charge in [-0.3, -0.25) is 9.78 Å². The number of aryl methyl sites for hydroxylation is 2. The number of carbonyl (C=O) groups excluding carboxylic acids is 1. The molecule has 0 aliphatic carbocycles. The Hall–Kier alpha value is -1.38. The summed E-state index contributed by atoms with van der Waals surface area (Å²) in [6, 6.07) is 1.98. The third kappa shape index (κ3) is 2.10. The van der Waals surface area contributed by atoms with Gasteiger partial charge in [-0.1, -0.05) is 6.92 Å². The first-order valence-corrected chi connectivity index (χ1v) is 4.76. The van der Waals surface area contributed by atoms with Crippen molar-refractivity contribution < 1.29 is 4.79 Å². The molecule has 1 aromatic rings. The van der Waals surface area contributed by atoms with Crippen molar-refractivity contribution in [2.24, 2.45) is 0 Å². The molecule has 1 rings (SSSR count). The standard InChI is InChI=1S/C11H16N2O/c1-5-11(14)13(4)10-6-8(2)7-12-9(10)3/h6-7H,5H2,1-4H3. The molecule has 1 heterocycles. The lowest BCUT2D eigenvalue weighted by atomic mass is 10.2. The van der Waals surface area contributed by atoms with E-state index in [1.807, 2.05) is 33.0 Å². The van der Waals surface area contributed by atoms with E-state index in [0.29, 0.717) is 6.42 Å². The topological polar surface area (TPSA) is 33.2 Å². The van der Waals surface area contributed by atoms with Crippen molar-refractivity contribution in [1.82, 2.24) is 4.98 Å². The molecule has 0 aromatic carbocycles. The van der Waals surface area contributed by atoms with E-state index < -0.39 is 0 Å². The fraction of sp³-hybridized carbons (Fsp3) is 0.455. The SMILES string of the molecule is CCC(=O)N(C)c1cc(C)cnc1C. The molecule has 3 heteroatoms. The monoisotopic (exact) mass is 192 g/mol. The first-order chi connectivity index (χ1) is 6.56. The summed E-state index contributed by atoms with van der Waals surface area (Å²) < 4.78 is 0. The molecule has 1 aromatic heterocycles. The van der Waals surface area contributed by atoms with Crippen molar-refractivity contribution in [2.45, 2.75) is 27.2 Å². The number of anilines is 1. The van der Waals surface area contributed by atoms with Gasteiger partial charge in [0.25, 0.3) is 0 Å². The van der Waals surface area contributed by atoms with E-state index in [4.69, 9.17) is 0 Å². The molecular formula is C11H16N2O. The van der Waals surface area contributed by atoms with Gasteiger partial charge in [0, 0.05) is 19.7 Å². The third-order valence-corrected chi connectivity index (χ3v) is 2.23. The number of aromatic nitrogens is 1. The number of rotatable bonds is 2. The first kappa shape index (κ1) is 10.7. The van der Waals surface area contributed by atoms with Gasteiger partial charge in [-0.2, -0.15) is 0 Å². The van der Waals surface area contributed by atoms with Crippen LogP contribution in [0.25, 0.3) is 0 Å². The Balaban J connectivity index is 3.05. The Morgan fingerprint density at radius 1 is 1.50 bits per heavy atom. The lowest BCUT2D eigenvalue weighted by Gasteiger charge is -2.18. The zero-order valence-corrected chi connectivity index (χ0v) is 9.16. The summed E-state index contributed by atoms with van der Waals surface area (Å²) in [5.74, 6) is 0.112. The van der Waals surface area contributed by atoms with Crippen LogP contribution >= 0.6 is 0 Å². The number of pyridine rings is 1. The highest BCUT2D eigenvalue weighted by atomic mass is 16.2. The van der Waals surface area contributed by atoms with Crippen LogP contribution in [0.2, 0.25) is 0 Å². The predicted octanol–water partition coefficient (Wildman–Crippen LogP) is 2.07. The summed E-state index contributed by atoms with van der Waals surface area (Å²) in [6.07, 6.45) is 2.33. The second-order valence-electron chi connectivity index (χ2n) is 3.42. The lowest BCUT2D eigenvalue weighted by molar-refractivity contribution is -0.118. The maximum Gasteiger partial charge on any atom is 0.226 e. The fourth-order valence-corrected chi connectivity index (χ4v) is 1.33. The highest BCUT2D eigenvalue weighted by molar-refractivity contribution is 5.93. The Labute approximate surface area is 84.8 Å². The predicted molar refractivity (Wildman–Crippen MR) is 57.4 cm³/mol. The van der Waals surface area contributed by atoms with Crippen LogP contribution in [0.3, 0.4) is 0 Å². The molecule has 0 saturated heterocycles. The number of amides is 1. The van der Waals surface area contributed by atoms with Crippen molar-refractivity contribution in [3.05, 3.63) is 23.5 Å². The second kappa shape index (κ2) is 4.22. The van der Waals surface area contributed by atoms with Crippen LogP contribution in [0.15, 0.2) is 12.3 Å². The van der Waals surface area contributed by atoms with Crippen molar-refractivity contribution in [3.8, 4) is 0 Å². The minimum absolute atomic E-state index is 0.112. The molecule has 0 unspecified atom stereocenters. The Morgan fingerprint density at radius 3 is 2.71 bits per heavy atom. The largest absolute Gasteiger partial charge is 0.314 e. The van der Waals surface area contributed by atoms with Crippen LogP contribution in [0.4, 0.5) is 5.69 Å². The van der Waals surface area contributed by atoms with Crippen molar-refractivity contribution in [3.63, 3.8) is 0 Å². The molecule has 14 heavy (non-hydrogen) atoms. The van der Waals surface area contributed by atoms with Crippen molar-refractivity contribution >= 4 is 11.6 Å². The van der Waals surface area contributed by atoms with Gasteiger partial charge < -0.3 is 4.90 Å². The van der Waals surface area contributed by atoms with E-state index in [1.54, 1.807) is 11.9 Å². The van der Waals surface area contributed by atoms with E-state index in [2.05, 4.69) is 4.98 Å². The molecule has 3 nitrogen and oxygen atoms in total. The van der Waals surface area contributed by atoms with E-state index in [1.165, 1.54) is 0 Å². The van der Waals surface area contributed by atoms with Crippen LogP contribution in [0, 0.1) is 13.8 Å². The molecule has 0 atom stereocenters. The smallest absolute Gasteiger partial charge is 0.226 e. The molecule has 0 N–H and O–H groups in total. The van der Waals surface area contributed by atoms with Crippen LogP contribution < -0.4 is 4.90 Å². The molecular weight excluding hydrogens is 176 g/mol. The number of nitrogens with zero attached hydrogens (tertiary/aromatic N) is 2. The summed E-state index contributed by atoms with van der Waals surface area (Å²) in [6.45, 7) is 5.74. The van der Waals surface area contributed by atoms with Gasteiger partial charge in [0.2, 0.25) is 5.91 Å². The van der Waals surface area contributed by atoms with Gasteiger partial charge in [-0.05, 0) is 25.5 Å². The molecule has 0 radical (unpaired) electrons. The molecule has 0 aliphatic rings. The molecule has 0 bridgehead atoms. The zero-order valence-electron chi connectivity index (χ0n) is 9.16. The van der Waals surface area contributed by atoms with Gasteiger partial charge in [-0.15, -0.1) is 0 Å². The molecule has 0 spiro atoms. The summed E-state index contributed by atoms with van der Waals surface area (Å²) >= 11 is 0. The molecule has 0 aliphatic heterocycles. The van der Waals surface area contributed by atoms with Crippen LogP contribution in [-0.4, -0.2) is 17.9 Å². The van der Waals surface area contributed by atoms with E-state index in [9.17, 15) is 4.79 Å². The summed E-state index contributed by atoms with van der Waals surface area (Å²) in [4.78, 5) is 17.4. The normalized spacial score (nSPS) is 10.0. The minimum atomic E-state index is 0.112. The van der Waals surface area contributed by atoms with Gasteiger partial charge in [0.05, 0.1) is 11.4 Å². The minimum Gasteiger partial charge on any atom is -0.314 e. The summed E-state index contributed by atoms with van der Waals surface area (Å²) in [5.41, 5.74) is 2.86. The van der Waals surface area contributed by atoms with Gasteiger partial charge in [0.1, 0.15) is 0 Å². The summed E-state index contributed by atoms with van der Waals surface area (Å²) in [7, 11) is 1.79. The molecule has 0 saturated carbocycles. The van der Waals surface area contributed by atoms with Crippen molar-refractivity contribution in [1.29, 1.82) is 0 Å². The highest BCUT2D eigenvalue weighted by Crippen LogP contribution is 2.18. The van der Waals surface area contributed by atoms with E-state index in [-0.39, 0.29) is 5.91 Å². The van der Waals surface area contributed by atoms with Crippen molar-refractivity contribution in [2.75, 3.05) is 11.9 Å². The Bertz CT molecular complexity index is 347. The van der Waals surface area contributed by atoms with Crippen LogP contribution in [0.5, 0.6) is 0 Å². The van der Waals surface area contributed by atoms with Gasteiger partial charge in [0.15, 0.2) is 0 Å². The quantitative estimate of drug-likeness (QED) is 0.718. The van der Waals surface area contributed by atoms with Crippen LogP contribution in [0.1, 0.15) is 24.6 Å². The first-order valence-electron chi connectivity index (χ1n) is 4.76. The lowest BCUT2D eigenvalue weighted by Crippen LogP contribution is -2.26. The summed E-state index contributed by atoms with van der Waals surface area (Å²) in [5, 5.41) is 0. The number of hydrogen-bond acceptors (Lipinski definition) is 2. The zero-order chi connectivity index (χ0) is 10.7. The molecule has 76 valence electrons. The van der Waals surface area contributed by atoms with Gasteiger partial charge in [-0.25, -0.2) is 0 Å². The Kier molecular flexibility index (Phi) is 3.23. The Morgan fingerprint density at radius 2 is 2.14 bits per heavy atom. The highest BCUT2D eigenvalue weighted by Gasteiger charge is 2.11. The van der Waals surface area contributed by atoms with Gasteiger partial charge >= 0.3 is 0 Å². The van der Waals surface area contributed by atoms with Crippen LogP contribution in [-0.2, 0) is 4.79 Å². The maximum atomic E-state index is 11.5. The number of hydrogen-bond donors (Lipinski definition) is 0. The molecule has 1 amide bonds. The van der Waals surface area contributed by atoms with E-state index in [0.717, 1.165) is 16.9 Å². The third-order valence-electron chi connectivity index (χ3n) is 2.23. The second-order valence-corrected chi connectivity index (χ2v) is 3.42. The van der Waals surface area contributed by atoms with E-state index >= 15 is 0 Å². The fourth-order valence-electron chi connectivity index (χ4n) is 1.33. The average molecular weight is 192 g/mol. The average Bonchev–Trinajstić information content (AvgIpc) is 2.19. The maximum absolute atomic E-state index is 11.5. The number of carbonyl (C=O) groups is 1.